The van der Waals surface area contributed by atoms with E-state index in [-0.39, 0.29) is 5.82 Å². The topological polar surface area (TPSA) is 52.6 Å². The normalized spacial score (nSPS) is 15.6. The number of aryl methyl sites for hydroxylation is 1. The smallest absolute Gasteiger partial charge is 0.191 e. The highest BCUT2D eigenvalue weighted by Gasteiger charge is 2.20. The van der Waals surface area contributed by atoms with Gasteiger partial charge >= 0.3 is 0 Å². The summed E-state index contributed by atoms with van der Waals surface area (Å²) in [7, 11) is 0. The minimum absolute atomic E-state index is 0.243. The van der Waals surface area contributed by atoms with Gasteiger partial charge in [0.05, 0.1) is 6.54 Å². The number of hydrogen-bond acceptors (Lipinski definition) is 3. The van der Waals surface area contributed by atoms with Crippen LogP contribution in [0.3, 0.4) is 0 Å². The maximum absolute atomic E-state index is 14.0. The van der Waals surface area contributed by atoms with Gasteiger partial charge in [-0.05, 0) is 50.5 Å². The molecule has 7 heteroatoms. The van der Waals surface area contributed by atoms with Crippen molar-refractivity contribution in [2.45, 2.75) is 39.3 Å². The zero-order chi connectivity index (χ0) is 19.9. The van der Waals surface area contributed by atoms with Crippen molar-refractivity contribution >= 4 is 27.7 Å². The van der Waals surface area contributed by atoms with E-state index in [0.717, 1.165) is 48.7 Å². The van der Waals surface area contributed by atoms with Gasteiger partial charge in [0.1, 0.15) is 11.6 Å². The molecule has 0 unspecified atom stereocenters. The number of benzene rings is 1. The molecular weight excluding hydrogens is 421 g/mol. The highest BCUT2D eigenvalue weighted by Crippen LogP contribution is 2.18. The van der Waals surface area contributed by atoms with E-state index in [2.05, 4.69) is 60.5 Å². The molecule has 0 aliphatic carbocycles. The largest absolute Gasteiger partial charge is 0.357 e. The molecule has 1 aromatic heterocycles. The van der Waals surface area contributed by atoms with Crippen LogP contribution < -0.4 is 15.5 Å². The minimum Gasteiger partial charge on any atom is -0.357 e. The molecule has 0 saturated carbocycles. The molecule has 28 heavy (non-hydrogen) atoms. The highest BCUT2D eigenvalue weighted by molar-refractivity contribution is 9.10. The van der Waals surface area contributed by atoms with Gasteiger partial charge in [-0.1, -0.05) is 28.1 Å². The number of aliphatic imine (C=N–C) groups is 1. The fourth-order valence-electron chi connectivity index (χ4n) is 3.23. The van der Waals surface area contributed by atoms with Crippen molar-refractivity contribution in [3.05, 3.63) is 57.9 Å². The summed E-state index contributed by atoms with van der Waals surface area (Å²) in [6.07, 6.45) is 3.93. The maximum Gasteiger partial charge on any atom is 0.191 e. The second-order valence-corrected chi connectivity index (χ2v) is 7.95. The Morgan fingerprint density at radius 3 is 2.71 bits per heavy atom. The standard InChI is InChI=1S/C21H27BrFN5/c1-3-24-21(26-14-16-5-6-17(22)12-19(16)23)27-18-8-10-28(11-9-18)20-7-4-15(2)13-25-20/h4-7,12-13,18H,3,8-11,14H2,1-2H3,(H2,24,26,27). The van der Waals surface area contributed by atoms with Gasteiger partial charge < -0.3 is 15.5 Å². The summed E-state index contributed by atoms with van der Waals surface area (Å²) in [5.74, 6) is 1.53. The quantitative estimate of drug-likeness (QED) is 0.536. The van der Waals surface area contributed by atoms with E-state index < -0.39 is 0 Å². The number of piperidine rings is 1. The number of guanidine groups is 1. The van der Waals surface area contributed by atoms with Crippen molar-refractivity contribution in [3.8, 4) is 0 Å². The Morgan fingerprint density at radius 1 is 1.29 bits per heavy atom. The molecule has 0 spiro atoms. The van der Waals surface area contributed by atoms with Crippen LogP contribution in [-0.4, -0.2) is 36.6 Å². The third kappa shape index (κ3) is 5.67. The summed E-state index contributed by atoms with van der Waals surface area (Å²) < 4.78 is 14.8. The SMILES string of the molecule is CCNC(=NCc1ccc(Br)cc1F)NC1CCN(c2ccc(C)cn2)CC1. The number of hydrogen-bond donors (Lipinski definition) is 2. The lowest BCUT2D eigenvalue weighted by Crippen LogP contribution is -2.48. The average Bonchev–Trinajstić information content (AvgIpc) is 2.68. The maximum atomic E-state index is 14.0. The molecular formula is C21H27BrFN5. The summed E-state index contributed by atoms with van der Waals surface area (Å²) in [4.78, 5) is 11.4. The zero-order valence-electron chi connectivity index (χ0n) is 16.4. The number of nitrogens with zero attached hydrogens (tertiary/aromatic N) is 3. The molecule has 1 fully saturated rings. The number of rotatable bonds is 5. The number of halogens is 2. The zero-order valence-corrected chi connectivity index (χ0v) is 18.0. The van der Waals surface area contributed by atoms with E-state index in [1.54, 1.807) is 6.07 Å². The molecule has 0 atom stereocenters. The van der Waals surface area contributed by atoms with E-state index >= 15 is 0 Å². The third-order valence-electron chi connectivity index (χ3n) is 4.82. The van der Waals surface area contributed by atoms with E-state index in [9.17, 15) is 4.39 Å². The van der Waals surface area contributed by atoms with Crippen LogP contribution in [0.25, 0.3) is 0 Å². The van der Waals surface area contributed by atoms with Crippen molar-refractivity contribution in [2.75, 3.05) is 24.5 Å². The number of pyridine rings is 1. The Hall–Kier alpha value is -2.15. The Balaban J connectivity index is 1.56. The fraction of sp³-hybridized carbons (Fsp3) is 0.429. The summed E-state index contributed by atoms with van der Waals surface area (Å²) >= 11 is 3.28. The van der Waals surface area contributed by atoms with E-state index in [4.69, 9.17) is 0 Å². The summed E-state index contributed by atoms with van der Waals surface area (Å²) in [5.41, 5.74) is 1.76. The van der Waals surface area contributed by atoms with Crippen molar-refractivity contribution in [1.82, 2.24) is 15.6 Å². The number of nitrogens with one attached hydrogen (secondary N) is 2. The van der Waals surface area contributed by atoms with Gasteiger partial charge in [0.15, 0.2) is 5.96 Å². The van der Waals surface area contributed by atoms with Crippen LogP contribution in [0.2, 0.25) is 0 Å². The van der Waals surface area contributed by atoms with Crippen LogP contribution in [0, 0.1) is 12.7 Å². The van der Waals surface area contributed by atoms with Crippen molar-refractivity contribution in [3.63, 3.8) is 0 Å². The molecule has 3 rings (SSSR count). The van der Waals surface area contributed by atoms with Gasteiger partial charge in [-0.15, -0.1) is 0 Å². The lowest BCUT2D eigenvalue weighted by Gasteiger charge is -2.33. The molecule has 1 aromatic carbocycles. The van der Waals surface area contributed by atoms with Crippen molar-refractivity contribution in [1.29, 1.82) is 0 Å². The van der Waals surface area contributed by atoms with Gasteiger partial charge in [-0.25, -0.2) is 14.4 Å². The molecule has 2 N–H and O–H groups in total. The predicted molar refractivity (Wildman–Crippen MR) is 116 cm³/mol. The van der Waals surface area contributed by atoms with E-state index in [1.165, 1.54) is 11.6 Å². The number of anilines is 1. The van der Waals surface area contributed by atoms with Crippen LogP contribution >= 0.6 is 15.9 Å². The van der Waals surface area contributed by atoms with Crippen LogP contribution in [0.4, 0.5) is 10.2 Å². The van der Waals surface area contributed by atoms with E-state index in [1.807, 2.05) is 19.2 Å². The molecule has 0 bridgehead atoms. The second kappa shape index (κ2) is 9.87. The van der Waals surface area contributed by atoms with Crippen LogP contribution in [0.5, 0.6) is 0 Å². The monoisotopic (exact) mass is 447 g/mol. The molecule has 150 valence electrons. The summed E-state index contributed by atoms with van der Waals surface area (Å²) in [5, 5.41) is 6.76. The van der Waals surface area contributed by atoms with Gasteiger partial charge in [-0.2, -0.15) is 0 Å². The Morgan fingerprint density at radius 2 is 2.07 bits per heavy atom. The molecule has 1 saturated heterocycles. The van der Waals surface area contributed by atoms with Crippen LogP contribution in [0.1, 0.15) is 30.9 Å². The van der Waals surface area contributed by atoms with Crippen molar-refractivity contribution < 1.29 is 4.39 Å². The van der Waals surface area contributed by atoms with Gasteiger partial charge in [-0.3, -0.25) is 0 Å². The van der Waals surface area contributed by atoms with E-state index in [0.29, 0.717) is 18.2 Å². The van der Waals surface area contributed by atoms with Gasteiger partial charge in [0.2, 0.25) is 0 Å². The molecule has 5 nitrogen and oxygen atoms in total. The molecule has 1 aliphatic heterocycles. The molecule has 1 aliphatic rings. The summed E-state index contributed by atoms with van der Waals surface area (Å²) in [6, 6.07) is 9.60. The fourth-order valence-corrected chi connectivity index (χ4v) is 3.56. The van der Waals surface area contributed by atoms with Crippen LogP contribution in [-0.2, 0) is 6.54 Å². The third-order valence-corrected chi connectivity index (χ3v) is 5.32. The Kier molecular flexibility index (Phi) is 7.25. The number of aromatic nitrogens is 1. The molecule has 0 amide bonds. The first kappa shape index (κ1) is 20.6. The first-order valence-corrected chi connectivity index (χ1v) is 10.5. The highest BCUT2D eigenvalue weighted by atomic mass is 79.9. The lowest BCUT2D eigenvalue weighted by molar-refractivity contribution is 0.459. The predicted octanol–water partition coefficient (Wildman–Crippen LogP) is 4.02. The van der Waals surface area contributed by atoms with Gasteiger partial charge in [0.25, 0.3) is 0 Å². The lowest BCUT2D eigenvalue weighted by atomic mass is 10.1. The Bertz CT molecular complexity index is 801. The molecule has 2 aromatic rings. The molecule has 2 heterocycles. The minimum atomic E-state index is -0.243. The van der Waals surface area contributed by atoms with Crippen LogP contribution in [0.15, 0.2) is 46.0 Å². The van der Waals surface area contributed by atoms with Gasteiger partial charge in [0, 0.05) is 41.9 Å². The average molecular weight is 448 g/mol. The second-order valence-electron chi connectivity index (χ2n) is 7.03. The summed E-state index contributed by atoms with van der Waals surface area (Å²) in [6.45, 7) is 7.06. The first-order chi connectivity index (χ1) is 13.5. The van der Waals surface area contributed by atoms with Crippen molar-refractivity contribution in [2.24, 2.45) is 4.99 Å². The first-order valence-electron chi connectivity index (χ1n) is 9.71. The Labute approximate surface area is 174 Å². The molecule has 0 radical (unpaired) electrons.